The van der Waals surface area contributed by atoms with Crippen molar-refractivity contribution in [1.29, 1.82) is 0 Å². The molecule has 124 valence electrons. The molecule has 2 aromatic rings. The van der Waals surface area contributed by atoms with Crippen molar-refractivity contribution in [2.45, 2.75) is 32.9 Å². The Labute approximate surface area is 138 Å². The number of nitrogens with zero attached hydrogens (tertiary/aromatic N) is 3. The van der Waals surface area contributed by atoms with Gasteiger partial charge < -0.3 is 15.0 Å². The van der Waals surface area contributed by atoms with Crippen LogP contribution >= 0.6 is 0 Å². The number of hydrogen-bond donors (Lipinski definition) is 1. The lowest BCUT2D eigenvalue weighted by Gasteiger charge is -2.28. The van der Waals surface area contributed by atoms with E-state index in [1.165, 1.54) is 5.56 Å². The van der Waals surface area contributed by atoms with E-state index in [-0.39, 0.29) is 0 Å². The van der Waals surface area contributed by atoms with Gasteiger partial charge >= 0.3 is 0 Å². The van der Waals surface area contributed by atoms with Crippen molar-refractivity contribution < 1.29 is 4.74 Å². The minimum Gasteiger partial charge on any atom is -0.385 e. The predicted octanol–water partition coefficient (Wildman–Crippen LogP) is 3.34. The minimum absolute atomic E-state index is 0.353. The molecule has 0 radical (unpaired) electrons. The summed E-state index contributed by atoms with van der Waals surface area (Å²) >= 11 is 0. The highest BCUT2D eigenvalue weighted by Crippen LogP contribution is 2.18. The second-order valence-corrected chi connectivity index (χ2v) is 5.72. The van der Waals surface area contributed by atoms with Gasteiger partial charge in [-0.25, -0.2) is 4.98 Å². The largest absolute Gasteiger partial charge is 0.385 e. The van der Waals surface area contributed by atoms with Gasteiger partial charge in [0.1, 0.15) is 5.82 Å². The molecule has 0 aliphatic carbocycles. The quantitative estimate of drug-likeness (QED) is 0.719. The van der Waals surface area contributed by atoms with Crippen LogP contribution in [0.1, 0.15) is 25.8 Å². The summed E-state index contributed by atoms with van der Waals surface area (Å²) in [6.07, 6.45) is 2.74. The number of anilines is 2. The third-order valence-corrected chi connectivity index (χ3v) is 3.56. The maximum absolute atomic E-state index is 5.05. The molecule has 0 aliphatic rings. The van der Waals surface area contributed by atoms with Crippen molar-refractivity contribution in [1.82, 2.24) is 9.97 Å². The number of hydrogen-bond acceptors (Lipinski definition) is 5. The van der Waals surface area contributed by atoms with Gasteiger partial charge in [0.2, 0.25) is 5.95 Å². The molecular formula is C18H26N4O. The Balaban J connectivity index is 2.06. The molecule has 1 aromatic carbocycles. The number of benzene rings is 1. The van der Waals surface area contributed by atoms with Crippen LogP contribution in [0.3, 0.4) is 0 Å². The molecule has 23 heavy (non-hydrogen) atoms. The average Bonchev–Trinajstić information content (AvgIpc) is 2.57. The van der Waals surface area contributed by atoms with Crippen LogP contribution in [0, 0.1) is 0 Å². The second-order valence-electron chi connectivity index (χ2n) is 5.72. The molecule has 5 nitrogen and oxygen atoms in total. The second kappa shape index (κ2) is 9.10. The van der Waals surface area contributed by atoms with Crippen molar-refractivity contribution in [3.8, 4) is 0 Å². The number of rotatable bonds is 9. The van der Waals surface area contributed by atoms with Crippen molar-refractivity contribution in [3.63, 3.8) is 0 Å². The van der Waals surface area contributed by atoms with Crippen molar-refractivity contribution in [3.05, 3.63) is 48.2 Å². The zero-order chi connectivity index (χ0) is 16.5. The summed E-state index contributed by atoms with van der Waals surface area (Å²) in [5.41, 5.74) is 1.27. The lowest BCUT2D eigenvalue weighted by Crippen LogP contribution is -2.31. The van der Waals surface area contributed by atoms with E-state index in [9.17, 15) is 0 Å². The topological polar surface area (TPSA) is 50.3 Å². The molecule has 1 heterocycles. The monoisotopic (exact) mass is 314 g/mol. The number of ether oxygens (including phenoxy) is 1. The Morgan fingerprint density at radius 3 is 2.65 bits per heavy atom. The molecule has 0 atom stereocenters. The molecular weight excluding hydrogens is 288 g/mol. The molecule has 0 bridgehead atoms. The summed E-state index contributed by atoms with van der Waals surface area (Å²) in [6.45, 7) is 6.72. The van der Waals surface area contributed by atoms with Crippen LogP contribution in [0.4, 0.5) is 11.8 Å². The molecule has 1 N–H and O–H groups in total. The Morgan fingerprint density at radius 1 is 1.17 bits per heavy atom. The van der Waals surface area contributed by atoms with Crippen LogP contribution in [-0.4, -0.2) is 36.3 Å². The van der Waals surface area contributed by atoms with Gasteiger partial charge in [-0.05, 0) is 31.9 Å². The SMILES string of the molecule is COCCCNc1nccc(N(Cc2ccccc2)C(C)C)n1. The molecule has 0 aliphatic heterocycles. The maximum atomic E-state index is 5.05. The highest BCUT2D eigenvalue weighted by Gasteiger charge is 2.13. The van der Waals surface area contributed by atoms with E-state index >= 15 is 0 Å². The number of nitrogens with one attached hydrogen (secondary N) is 1. The van der Waals surface area contributed by atoms with E-state index in [0.29, 0.717) is 12.0 Å². The lowest BCUT2D eigenvalue weighted by atomic mass is 10.2. The van der Waals surface area contributed by atoms with E-state index < -0.39 is 0 Å². The molecule has 0 saturated heterocycles. The zero-order valence-electron chi connectivity index (χ0n) is 14.2. The average molecular weight is 314 g/mol. The van der Waals surface area contributed by atoms with Crippen LogP contribution in [0.25, 0.3) is 0 Å². The number of methoxy groups -OCH3 is 1. The van der Waals surface area contributed by atoms with Crippen molar-refractivity contribution in [2.75, 3.05) is 30.5 Å². The van der Waals surface area contributed by atoms with Gasteiger partial charge in [0, 0.05) is 39.0 Å². The van der Waals surface area contributed by atoms with E-state index in [1.807, 2.05) is 12.1 Å². The minimum atomic E-state index is 0.353. The highest BCUT2D eigenvalue weighted by molar-refractivity contribution is 5.44. The van der Waals surface area contributed by atoms with Gasteiger partial charge in [-0.3, -0.25) is 0 Å². The Hall–Kier alpha value is -2.14. The van der Waals surface area contributed by atoms with Gasteiger partial charge in [-0.1, -0.05) is 30.3 Å². The third kappa shape index (κ3) is 5.53. The first-order valence-electron chi connectivity index (χ1n) is 8.07. The van der Waals surface area contributed by atoms with Crippen LogP contribution in [0.2, 0.25) is 0 Å². The first-order chi connectivity index (χ1) is 11.2. The fourth-order valence-electron chi connectivity index (χ4n) is 2.32. The Kier molecular flexibility index (Phi) is 6.81. The first-order valence-corrected chi connectivity index (χ1v) is 8.07. The third-order valence-electron chi connectivity index (χ3n) is 3.56. The summed E-state index contributed by atoms with van der Waals surface area (Å²) in [4.78, 5) is 11.2. The van der Waals surface area contributed by atoms with E-state index in [1.54, 1.807) is 13.3 Å². The molecule has 1 aromatic heterocycles. The predicted molar refractivity (Wildman–Crippen MR) is 94.8 cm³/mol. The first kappa shape index (κ1) is 17.2. The summed E-state index contributed by atoms with van der Waals surface area (Å²) < 4.78 is 5.05. The highest BCUT2D eigenvalue weighted by atomic mass is 16.5. The Bertz CT molecular complexity index is 574. The number of aromatic nitrogens is 2. The summed E-state index contributed by atoms with van der Waals surface area (Å²) in [5.74, 6) is 1.60. The summed E-state index contributed by atoms with van der Waals surface area (Å²) in [6, 6.07) is 12.8. The van der Waals surface area contributed by atoms with Crippen LogP contribution in [0.5, 0.6) is 0 Å². The molecule has 0 unspecified atom stereocenters. The lowest BCUT2D eigenvalue weighted by molar-refractivity contribution is 0.197. The Morgan fingerprint density at radius 2 is 1.96 bits per heavy atom. The van der Waals surface area contributed by atoms with Crippen molar-refractivity contribution in [2.24, 2.45) is 0 Å². The smallest absolute Gasteiger partial charge is 0.224 e. The van der Waals surface area contributed by atoms with Crippen LogP contribution < -0.4 is 10.2 Å². The van der Waals surface area contributed by atoms with Gasteiger partial charge in [-0.2, -0.15) is 4.98 Å². The summed E-state index contributed by atoms with van der Waals surface area (Å²) in [5, 5.41) is 3.25. The van der Waals surface area contributed by atoms with E-state index in [4.69, 9.17) is 4.74 Å². The molecule has 0 spiro atoms. The van der Waals surface area contributed by atoms with Crippen LogP contribution in [-0.2, 0) is 11.3 Å². The molecule has 0 fully saturated rings. The normalized spacial score (nSPS) is 10.8. The standard InChI is InChI=1S/C18H26N4O/c1-15(2)22(14-16-8-5-4-6-9-16)17-10-12-20-18(21-17)19-11-7-13-23-3/h4-6,8-10,12,15H,7,11,13-14H2,1-3H3,(H,19,20,21). The van der Waals surface area contributed by atoms with Gasteiger partial charge in [0.25, 0.3) is 0 Å². The zero-order valence-corrected chi connectivity index (χ0v) is 14.2. The van der Waals surface area contributed by atoms with Gasteiger partial charge in [-0.15, -0.1) is 0 Å². The van der Waals surface area contributed by atoms with E-state index in [2.05, 4.69) is 58.3 Å². The van der Waals surface area contributed by atoms with Gasteiger partial charge in [0.05, 0.1) is 0 Å². The fourth-order valence-corrected chi connectivity index (χ4v) is 2.32. The molecule has 5 heteroatoms. The van der Waals surface area contributed by atoms with E-state index in [0.717, 1.165) is 31.9 Å². The maximum Gasteiger partial charge on any atom is 0.224 e. The molecule has 0 saturated carbocycles. The summed E-state index contributed by atoms with van der Waals surface area (Å²) in [7, 11) is 1.71. The van der Waals surface area contributed by atoms with Gasteiger partial charge in [0.15, 0.2) is 0 Å². The van der Waals surface area contributed by atoms with Crippen LogP contribution in [0.15, 0.2) is 42.6 Å². The van der Waals surface area contributed by atoms with Crippen molar-refractivity contribution >= 4 is 11.8 Å². The molecule has 0 amide bonds. The molecule has 2 rings (SSSR count). The fraction of sp³-hybridized carbons (Fsp3) is 0.444.